The predicted molar refractivity (Wildman–Crippen MR) is 53.0 cm³/mol. The first-order valence-electron chi connectivity index (χ1n) is 4.15. The zero-order chi connectivity index (χ0) is 10.4. The summed E-state index contributed by atoms with van der Waals surface area (Å²) in [6.07, 6.45) is 0.218. The van der Waals surface area contributed by atoms with E-state index in [-0.39, 0.29) is 6.42 Å². The fraction of sp³-hybridized carbons (Fsp3) is 0.167. The van der Waals surface area contributed by atoms with E-state index in [1.54, 1.807) is 12.1 Å². The van der Waals surface area contributed by atoms with Crippen LogP contribution in [0.3, 0.4) is 0 Å². The Kier molecular flexibility index (Phi) is 3.31. The highest BCUT2D eigenvalue weighted by molar-refractivity contribution is 5.49. The first kappa shape index (κ1) is 9.85. The summed E-state index contributed by atoms with van der Waals surface area (Å²) in [6, 6.07) is 9.44. The van der Waals surface area contributed by atoms with Gasteiger partial charge in [0.15, 0.2) is 0 Å². The van der Waals surface area contributed by atoms with Crippen molar-refractivity contribution < 1.29 is 0 Å². The highest BCUT2D eigenvalue weighted by atomic mass is 14.2. The molecule has 0 saturated heterocycles. The van der Waals surface area contributed by atoms with Crippen molar-refractivity contribution in [3.05, 3.63) is 34.9 Å². The number of hydrogen-bond donors (Lipinski definition) is 0. The van der Waals surface area contributed by atoms with Gasteiger partial charge in [-0.25, -0.2) is 0 Å². The number of nitriles is 2. The van der Waals surface area contributed by atoms with Crippen LogP contribution in [-0.4, -0.2) is 0 Å². The Bertz CT molecular complexity index is 476. The smallest absolute Gasteiger partial charge is 0.0994 e. The maximum absolute atomic E-state index is 8.76. The van der Waals surface area contributed by atoms with Crippen molar-refractivity contribution in [2.45, 2.75) is 13.3 Å². The molecule has 0 aliphatic carbocycles. The van der Waals surface area contributed by atoms with Crippen molar-refractivity contribution in [2.24, 2.45) is 0 Å². The second kappa shape index (κ2) is 4.70. The summed E-state index contributed by atoms with van der Waals surface area (Å²) in [5, 5.41) is 17.1. The molecule has 0 N–H and O–H groups in total. The summed E-state index contributed by atoms with van der Waals surface area (Å²) in [6.45, 7) is 1.86. The molecule has 0 saturated carbocycles. The van der Waals surface area contributed by atoms with Crippen molar-refractivity contribution in [1.29, 1.82) is 10.5 Å². The molecule has 2 heteroatoms. The fourth-order valence-electron chi connectivity index (χ4n) is 1.07. The van der Waals surface area contributed by atoms with Gasteiger partial charge in [-0.1, -0.05) is 17.9 Å². The maximum Gasteiger partial charge on any atom is 0.0994 e. The van der Waals surface area contributed by atoms with E-state index < -0.39 is 0 Å². The van der Waals surface area contributed by atoms with Crippen LogP contribution in [-0.2, 0) is 0 Å². The summed E-state index contributed by atoms with van der Waals surface area (Å²) in [4.78, 5) is 0. The van der Waals surface area contributed by atoms with Crippen LogP contribution in [0.2, 0.25) is 0 Å². The van der Waals surface area contributed by atoms with Gasteiger partial charge >= 0.3 is 0 Å². The Balaban J connectivity index is 3.09. The summed E-state index contributed by atoms with van der Waals surface area (Å²) in [7, 11) is 0. The molecule has 66 valence electrons. The summed E-state index contributed by atoms with van der Waals surface area (Å²) in [5.41, 5.74) is 2.33. The van der Waals surface area contributed by atoms with Gasteiger partial charge in [-0.3, -0.25) is 0 Å². The first-order chi connectivity index (χ1) is 6.79. The first-order valence-corrected chi connectivity index (χ1v) is 4.15. The average molecular weight is 180 g/mol. The maximum atomic E-state index is 8.76. The monoisotopic (exact) mass is 180 g/mol. The van der Waals surface area contributed by atoms with Crippen LogP contribution in [0.4, 0.5) is 0 Å². The molecule has 1 aromatic carbocycles. The van der Waals surface area contributed by atoms with E-state index in [0.29, 0.717) is 5.56 Å². The molecule has 0 aliphatic rings. The van der Waals surface area contributed by atoms with Crippen molar-refractivity contribution in [3.63, 3.8) is 0 Å². The number of rotatable bonds is 0. The summed E-state index contributed by atoms with van der Waals surface area (Å²) in [5.74, 6) is 5.59. The Morgan fingerprint density at radius 1 is 1.21 bits per heavy atom. The molecule has 1 rings (SSSR count). The van der Waals surface area contributed by atoms with Crippen LogP contribution in [0.5, 0.6) is 0 Å². The van der Waals surface area contributed by atoms with Crippen LogP contribution < -0.4 is 0 Å². The second-order valence-electron chi connectivity index (χ2n) is 2.73. The average Bonchev–Trinajstić information content (AvgIpc) is 2.21. The number of hydrogen-bond acceptors (Lipinski definition) is 2. The Labute approximate surface area is 83.4 Å². The van der Waals surface area contributed by atoms with E-state index >= 15 is 0 Å². The van der Waals surface area contributed by atoms with E-state index in [0.717, 1.165) is 11.1 Å². The quantitative estimate of drug-likeness (QED) is 0.574. The minimum absolute atomic E-state index is 0.218. The van der Waals surface area contributed by atoms with E-state index in [1.807, 2.05) is 19.1 Å². The highest BCUT2D eigenvalue weighted by Crippen LogP contribution is 2.11. The lowest BCUT2D eigenvalue weighted by molar-refractivity contribution is 1.36. The molecule has 0 amide bonds. The van der Waals surface area contributed by atoms with Gasteiger partial charge in [-0.15, -0.1) is 0 Å². The van der Waals surface area contributed by atoms with Crippen molar-refractivity contribution in [3.8, 4) is 24.0 Å². The molecule has 0 atom stereocenters. The molecule has 0 unspecified atom stereocenters. The van der Waals surface area contributed by atoms with Gasteiger partial charge in [0.05, 0.1) is 24.1 Å². The summed E-state index contributed by atoms with van der Waals surface area (Å²) < 4.78 is 0. The molecule has 0 aliphatic heterocycles. The minimum Gasteiger partial charge on any atom is -0.197 e. The van der Waals surface area contributed by atoms with Crippen LogP contribution in [0.25, 0.3) is 0 Å². The van der Waals surface area contributed by atoms with Crippen LogP contribution in [0.1, 0.15) is 23.1 Å². The van der Waals surface area contributed by atoms with E-state index in [2.05, 4.69) is 17.9 Å². The fourth-order valence-corrected chi connectivity index (χ4v) is 1.07. The molecular weight excluding hydrogens is 172 g/mol. The lowest BCUT2D eigenvalue weighted by Gasteiger charge is -1.98. The Morgan fingerprint density at radius 3 is 2.57 bits per heavy atom. The predicted octanol–water partition coefficient (Wildman–Crippen LogP) is 2.13. The van der Waals surface area contributed by atoms with Crippen molar-refractivity contribution in [2.75, 3.05) is 0 Å². The normalized spacial score (nSPS) is 7.93. The molecule has 0 heterocycles. The van der Waals surface area contributed by atoms with E-state index in [1.165, 1.54) is 0 Å². The summed E-state index contributed by atoms with van der Waals surface area (Å²) >= 11 is 0. The zero-order valence-electron chi connectivity index (χ0n) is 7.83. The lowest BCUT2D eigenvalue weighted by Crippen LogP contribution is -1.86. The molecule has 0 bridgehead atoms. The molecule has 0 radical (unpaired) electrons. The topological polar surface area (TPSA) is 47.6 Å². The van der Waals surface area contributed by atoms with Gasteiger partial charge in [0.2, 0.25) is 0 Å². The molecule has 14 heavy (non-hydrogen) atoms. The van der Waals surface area contributed by atoms with Crippen molar-refractivity contribution >= 4 is 0 Å². The van der Waals surface area contributed by atoms with Gasteiger partial charge in [-0.2, -0.15) is 10.5 Å². The number of nitrogens with zero attached hydrogens (tertiary/aromatic N) is 2. The largest absolute Gasteiger partial charge is 0.197 e. The van der Waals surface area contributed by atoms with Gasteiger partial charge < -0.3 is 0 Å². The standard InChI is InChI=1S/C12H8N2/c1-10-11(5-2-3-8-13)6-4-7-12(10)9-14/h4,6-7H,3H2,1H3. The van der Waals surface area contributed by atoms with E-state index in [9.17, 15) is 0 Å². The third-order valence-electron chi connectivity index (χ3n) is 1.84. The van der Waals surface area contributed by atoms with Crippen molar-refractivity contribution in [1.82, 2.24) is 0 Å². The third kappa shape index (κ3) is 2.13. The molecule has 2 nitrogen and oxygen atoms in total. The van der Waals surface area contributed by atoms with E-state index in [4.69, 9.17) is 10.5 Å². The Morgan fingerprint density at radius 2 is 1.93 bits per heavy atom. The molecular formula is C12H8N2. The number of benzene rings is 1. The second-order valence-corrected chi connectivity index (χ2v) is 2.73. The molecule has 0 spiro atoms. The third-order valence-corrected chi connectivity index (χ3v) is 1.84. The SMILES string of the molecule is Cc1c(C#N)cccc1C#CCC#N. The van der Waals surface area contributed by atoms with Gasteiger partial charge in [0, 0.05) is 5.56 Å². The minimum atomic E-state index is 0.218. The molecule has 0 fully saturated rings. The molecule has 1 aromatic rings. The van der Waals surface area contributed by atoms with Gasteiger partial charge in [0.1, 0.15) is 0 Å². The van der Waals surface area contributed by atoms with Gasteiger partial charge in [0.25, 0.3) is 0 Å². The van der Waals surface area contributed by atoms with Crippen LogP contribution in [0, 0.1) is 41.4 Å². The Hall–Kier alpha value is -2.24. The van der Waals surface area contributed by atoms with Crippen LogP contribution in [0.15, 0.2) is 18.2 Å². The van der Waals surface area contributed by atoms with Gasteiger partial charge in [-0.05, 0) is 24.6 Å². The van der Waals surface area contributed by atoms with Crippen LogP contribution >= 0.6 is 0 Å². The molecule has 0 aromatic heterocycles. The highest BCUT2D eigenvalue weighted by Gasteiger charge is 1.99. The lowest BCUT2D eigenvalue weighted by atomic mass is 10.0. The zero-order valence-corrected chi connectivity index (χ0v) is 7.83.